The van der Waals surface area contributed by atoms with Gasteiger partial charge in [-0.15, -0.1) is 0 Å². The van der Waals surface area contributed by atoms with E-state index in [0.29, 0.717) is 19.4 Å². The van der Waals surface area contributed by atoms with Gasteiger partial charge in [-0.3, -0.25) is 9.59 Å². The van der Waals surface area contributed by atoms with Crippen LogP contribution in [-0.4, -0.2) is 36.9 Å². The standard InChI is InChI=1S/C21H25BrN2O3/c1-3-16-8-4-5-11-19(16)23-20(25)15-24(2)21(26)12-7-13-27-18-10-6-9-17(22)14-18/h4-6,8-11,14H,3,7,12-13,15H2,1-2H3,(H,23,25). The molecule has 0 aromatic heterocycles. The SMILES string of the molecule is CCc1ccccc1NC(=O)CN(C)C(=O)CCCOc1cccc(Br)c1. The molecule has 2 aromatic rings. The van der Waals surface area contributed by atoms with Crippen LogP contribution in [0.15, 0.2) is 53.0 Å². The van der Waals surface area contributed by atoms with Gasteiger partial charge in [-0.2, -0.15) is 0 Å². The number of halogens is 1. The summed E-state index contributed by atoms with van der Waals surface area (Å²) in [4.78, 5) is 25.9. The van der Waals surface area contributed by atoms with Crippen LogP contribution in [0.1, 0.15) is 25.3 Å². The monoisotopic (exact) mass is 432 g/mol. The zero-order chi connectivity index (χ0) is 19.6. The zero-order valence-electron chi connectivity index (χ0n) is 15.7. The number of amides is 2. The van der Waals surface area contributed by atoms with Crippen molar-refractivity contribution < 1.29 is 14.3 Å². The molecule has 5 nitrogen and oxygen atoms in total. The van der Waals surface area contributed by atoms with Gasteiger partial charge in [-0.05, 0) is 42.7 Å². The highest BCUT2D eigenvalue weighted by Crippen LogP contribution is 2.18. The maximum Gasteiger partial charge on any atom is 0.243 e. The number of aryl methyl sites for hydroxylation is 1. The van der Waals surface area contributed by atoms with E-state index in [1.165, 1.54) is 4.90 Å². The molecule has 1 N–H and O–H groups in total. The number of hydrogen-bond acceptors (Lipinski definition) is 3. The molecule has 6 heteroatoms. The summed E-state index contributed by atoms with van der Waals surface area (Å²) < 4.78 is 6.57. The molecule has 0 spiro atoms. The molecule has 27 heavy (non-hydrogen) atoms. The Labute approximate surface area is 168 Å². The van der Waals surface area contributed by atoms with Gasteiger partial charge in [0.25, 0.3) is 0 Å². The fourth-order valence-electron chi connectivity index (χ4n) is 2.60. The third-order valence-corrected chi connectivity index (χ3v) is 4.57. The fraction of sp³-hybridized carbons (Fsp3) is 0.333. The molecule has 2 rings (SSSR count). The van der Waals surface area contributed by atoms with E-state index in [4.69, 9.17) is 4.74 Å². The van der Waals surface area contributed by atoms with E-state index in [2.05, 4.69) is 21.2 Å². The highest BCUT2D eigenvalue weighted by molar-refractivity contribution is 9.10. The van der Waals surface area contributed by atoms with E-state index in [1.54, 1.807) is 7.05 Å². The van der Waals surface area contributed by atoms with E-state index in [9.17, 15) is 9.59 Å². The number of nitrogens with one attached hydrogen (secondary N) is 1. The van der Waals surface area contributed by atoms with Crippen LogP contribution in [0.3, 0.4) is 0 Å². The van der Waals surface area contributed by atoms with Crippen molar-refractivity contribution in [1.82, 2.24) is 4.90 Å². The Bertz CT molecular complexity index is 780. The van der Waals surface area contributed by atoms with Crippen LogP contribution in [0.5, 0.6) is 5.75 Å². The number of carbonyl (C=O) groups is 2. The van der Waals surface area contributed by atoms with Crippen molar-refractivity contribution in [1.29, 1.82) is 0 Å². The van der Waals surface area contributed by atoms with Crippen LogP contribution < -0.4 is 10.1 Å². The summed E-state index contributed by atoms with van der Waals surface area (Å²) in [6.07, 6.45) is 1.77. The molecule has 0 saturated carbocycles. The summed E-state index contributed by atoms with van der Waals surface area (Å²) in [5, 5.41) is 2.88. The lowest BCUT2D eigenvalue weighted by Crippen LogP contribution is -2.35. The fourth-order valence-corrected chi connectivity index (χ4v) is 2.98. The van der Waals surface area contributed by atoms with Gasteiger partial charge in [0.2, 0.25) is 11.8 Å². The summed E-state index contributed by atoms with van der Waals surface area (Å²) in [5.74, 6) is 0.489. The summed E-state index contributed by atoms with van der Waals surface area (Å²) in [7, 11) is 1.64. The number of anilines is 1. The molecule has 0 fully saturated rings. The minimum Gasteiger partial charge on any atom is -0.494 e. The quantitative estimate of drug-likeness (QED) is 0.601. The number of benzene rings is 2. The molecule has 0 heterocycles. The second kappa shape index (κ2) is 10.7. The van der Waals surface area contributed by atoms with Gasteiger partial charge in [0.1, 0.15) is 5.75 Å². The van der Waals surface area contributed by atoms with E-state index in [1.807, 2.05) is 55.5 Å². The van der Waals surface area contributed by atoms with Crippen LogP contribution in [0, 0.1) is 0 Å². The third-order valence-electron chi connectivity index (χ3n) is 4.08. The van der Waals surface area contributed by atoms with Crippen molar-refractivity contribution in [3.63, 3.8) is 0 Å². The predicted molar refractivity (Wildman–Crippen MR) is 111 cm³/mol. The lowest BCUT2D eigenvalue weighted by molar-refractivity contribution is -0.133. The first-order chi connectivity index (χ1) is 13.0. The second-order valence-corrected chi connectivity index (χ2v) is 7.13. The Morgan fingerprint density at radius 2 is 1.93 bits per heavy atom. The number of ether oxygens (including phenoxy) is 1. The number of rotatable bonds is 9. The molecular weight excluding hydrogens is 408 g/mol. The smallest absolute Gasteiger partial charge is 0.243 e. The number of carbonyl (C=O) groups excluding carboxylic acids is 2. The van der Waals surface area contributed by atoms with Crippen molar-refractivity contribution in [2.24, 2.45) is 0 Å². The van der Waals surface area contributed by atoms with Crippen molar-refractivity contribution >= 4 is 33.4 Å². The molecule has 0 aliphatic rings. The van der Waals surface area contributed by atoms with E-state index < -0.39 is 0 Å². The minimum atomic E-state index is -0.197. The largest absolute Gasteiger partial charge is 0.494 e. The molecule has 0 aliphatic carbocycles. The number of nitrogens with zero attached hydrogens (tertiary/aromatic N) is 1. The van der Waals surface area contributed by atoms with Crippen LogP contribution in [0.25, 0.3) is 0 Å². The average Bonchev–Trinajstić information content (AvgIpc) is 2.65. The van der Waals surface area contributed by atoms with E-state index in [0.717, 1.165) is 27.9 Å². The van der Waals surface area contributed by atoms with Crippen molar-refractivity contribution in [3.05, 3.63) is 58.6 Å². The second-order valence-electron chi connectivity index (χ2n) is 6.22. The first-order valence-electron chi connectivity index (χ1n) is 8.99. The normalized spacial score (nSPS) is 10.3. The lowest BCUT2D eigenvalue weighted by atomic mass is 10.1. The van der Waals surface area contributed by atoms with Crippen LogP contribution in [0.2, 0.25) is 0 Å². The molecule has 0 aliphatic heterocycles. The summed E-state index contributed by atoms with van der Waals surface area (Å²) in [5.41, 5.74) is 1.87. The Hall–Kier alpha value is -2.34. The molecule has 2 amide bonds. The molecule has 0 bridgehead atoms. The Kier molecular flexibility index (Phi) is 8.33. The maximum atomic E-state index is 12.2. The highest BCUT2D eigenvalue weighted by atomic mass is 79.9. The average molecular weight is 433 g/mol. The summed E-state index contributed by atoms with van der Waals surface area (Å²) in [6, 6.07) is 15.3. The van der Waals surface area contributed by atoms with E-state index in [-0.39, 0.29) is 18.4 Å². The highest BCUT2D eigenvalue weighted by Gasteiger charge is 2.13. The third kappa shape index (κ3) is 7.06. The molecule has 144 valence electrons. The maximum absolute atomic E-state index is 12.2. The van der Waals surface area contributed by atoms with E-state index >= 15 is 0 Å². The van der Waals surface area contributed by atoms with Crippen molar-refractivity contribution in [2.75, 3.05) is 25.5 Å². The topological polar surface area (TPSA) is 58.6 Å². The van der Waals surface area contributed by atoms with Gasteiger partial charge < -0.3 is 15.0 Å². The molecule has 2 aromatic carbocycles. The Balaban J connectivity index is 1.72. The Morgan fingerprint density at radius 3 is 2.67 bits per heavy atom. The number of likely N-dealkylation sites (N-methyl/N-ethyl adjacent to an activating group) is 1. The predicted octanol–water partition coefficient (Wildman–Crippen LogP) is 4.27. The first-order valence-corrected chi connectivity index (χ1v) is 9.79. The van der Waals surface area contributed by atoms with Gasteiger partial charge in [0, 0.05) is 23.6 Å². The number of hydrogen-bond donors (Lipinski definition) is 1. The lowest BCUT2D eigenvalue weighted by Gasteiger charge is -2.17. The van der Waals surface area contributed by atoms with Gasteiger partial charge >= 0.3 is 0 Å². The van der Waals surface area contributed by atoms with Crippen LogP contribution in [-0.2, 0) is 16.0 Å². The van der Waals surface area contributed by atoms with Gasteiger partial charge in [-0.25, -0.2) is 0 Å². The molecule has 0 radical (unpaired) electrons. The Morgan fingerprint density at radius 1 is 1.15 bits per heavy atom. The van der Waals surface area contributed by atoms with Gasteiger partial charge in [-0.1, -0.05) is 47.1 Å². The molecule has 0 unspecified atom stereocenters. The summed E-state index contributed by atoms with van der Waals surface area (Å²) in [6.45, 7) is 2.52. The van der Waals surface area contributed by atoms with Crippen molar-refractivity contribution in [2.45, 2.75) is 26.2 Å². The first kappa shape index (κ1) is 21.0. The van der Waals surface area contributed by atoms with Gasteiger partial charge in [0.05, 0.1) is 13.2 Å². The van der Waals surface area contributed by atoms with Gasteiger partial charge in [0.15, 0.2) is 0 Å². The zero-order valence-corrected chi connectivity index (χ0v) is 17.3. The van der Waals surface area contributed by atoms with Crippen molar-refractivity contribution in [3.8, 4) is 5.75 Å². The molecule has 0 saturated heterocycles. The van der Waals surface area contributed by atoms with Crippen LogP contribution >= 0.6 is 15.9 Å². The molecule has 0 atom stereocenters. The molecular formula is C21H25BrN2O3. The summed E-state index contributed by atoms with van der Waals surface area (Å²) >= 11 is 3.39. The number of para-hydroxylation sites is 1. The minimum absolute atomic E-state index is 0.0311. The van der Waals surface area contributed by atoms with Crippen LogP contribution in [0.4, 0.5) is 5.69 Å².